The molecule has 1 aromatic rings. The third kappa shape index (κ3) is 3.82. The maximum atomic E-state index is 12.3. The van der Waals surface area contributed by atoms with Crippen LogP contribution in [0.5, 0.6) is 0 Å². The van der Waals surface area contributed by atoms with Gasteiger partial charge < -0.3 is 11.1 Å². The van der Waals surface area contributed by atoms with Crippen molar-refractivity contribution in [3.63, 3.8) is 0 Å². The monoisotopic (exact) mass is 289 g/mol. The third-order valence-electron chi connectivity index (χ3n) is 4.26. The molecule has 0 aliphatic carbocycles. The number of carbonyl (C=O) groups excluding carboxylic acids is 2. The first-order valence-corrected chi connectivity index (χ1v) is 7.39. The number of hydrogen-bond acceptors (Lipinski definition) is 3. The van der Waals surface area contributed by atoms with Gasteiger partial charge in [-0.05, 0) is 51.4 Å². The zero-order chi connectivity index (χ0) is 15.4. The summed E-state index contributed by atoms with van der Waals surface area (Å²) in [6.45, 7) is 5.34. The van der Waals surface area contributed by atoms with Crippen molar-refractivity contribution < 1.29 is 9.59 Å². The fraction of sp³-hybridized carbons (Fsp3) is 0.500. The average Bonchev–Trinajstić information content (AvgIpc) is 2.49. The summed E-state index contributed by atoms with van der Waals surface area (Å²) in [4.78, 5) is 25.6. The Morgan fingerprint density at radius 2 is 1.90 bits per heavy atom. The molecule has 0 unspecified atom stereocenters. The van der Waals surface area contributed by atoms with Crippen molar-refractivity contribution in [1.82, 2.24) is 4.90 Å². The number of aryl methyl sites for hydroxylation is 1. The van der Waals surface area contributed by atoms with Crippen molar-refractivity contribution in [2.75, 3.05) is 18.4 Å². The number of nitrogens with two attached hydrogens (primary N) is 1. The number of piperidine rings is 1. The highest BCUT2D eigenvalue weighted by atomic mass is 16.2. The quantitative estimate of drug-likeness (QED) is 0.882. The van der Waals surface area contributed by atoms with E-state index in [1.54, 1.807) is 0 Å². The van der Waals surface area contributed by atoms with E-state index in [1.165, 1.54) is 0 Å². The van der Waals surface area contributed by atoms with Crippen LogP contribution >= 0.6 is 0 Å². The summed E-state index contributed by atoms with van der Waals surface area (Å²) >= 11 is 0. The first kappa shape index (κ1) is 15.5. The van der Waals surface area contributed by atoms with Crippen molar-refractivity contribution in [3.05, 3.63) is 29.8 Å². The molecule has 21 heavy (non-hydrogen) atoms. The molecule has 0 aromatic heterocycles. The number of primary amides is 1. The minimum atomic E-state index is -0.230. The Morgan fingerprint density at radius 3 is 2.48 bits per heavy atom. The number of hydrogen-bond donors (Lipinski definition) is 2. The van der Waals surface area contributed by atoms with E-state index in [2.05, 4.69) is 10.2 Å². The molecule has 114 valence electrons. The number of carbonyl (C=O) groups is 2. The van der Waals surface area contributed by atoms with E-state index in [4.69, 9.17) is 5.73 Å². The molecule has 2 rings (SSSR count). The average molecular weight is 289 g/mol. The molecule has 1 atom stereocenters. The third-order valence-corrected chi connectivity index (χ3v) is 4.26. The van der Waals surface area contributed by atoms with Crippen LogP contribution in [0.4, 0.5) is 5.69 Å². The molecule has 5 heteroatoms. The number of likely N-dealkylation sites (tertiary alicyclic amines) is 1. The van der Waals surface area contributed by atoms with Crippen molar-refractivity contribution in [1.29, 1.82) is 0 Å². The normalized spacial score (nSPS) is 18.2. The Bertz CT molecular complexity index is 522. The molecule has 2 amide bonds. The summed E-state index contributed by atoms with van der Waals surface area (Å²) in [5.41, 5.74) is 7.23. The van der Waals surface area contributed by atoms with Crippen molar-refractivity contribution in [2.45, 2.75) is 32.7 Å². The van der Waals surface area contributed by atoms with Gasteiger partial charge in [0.05, 0.1) is 6.04 Å². The van der Waals surface area contributed by atoms with Gasteiger partial charge in [-0.15, -0.1) is 0 Å². The minimum absolute atomic E-state index is 0.0122. The van der Waals surface area contributed by atoms with E-state index < -0.39 is 0 Å². The Morgan fingerprint density at radius 1 is 1.29 bits per heavy atom. The molecule has 0 spiro atoms. The fourth-order valence-electron chi connectivity index (χ4n) is 2.69. The molecule has 1 aliphatic rings. The lowest BCUT2D eigenvalue weighted by Crippen LogP contribution is -2.47. The summed E-state index contributed by atoms with van der Waals surface area (Å²) in [6, 6.07) is 7.52. The second kappa shape index (κ2) is 6.72. The molecule has 1 aromatic carbocycles. The van der Waals surface area contributed by atoms with Gasteiger partial charge in [0.25, 0.3) is 0 Å². The van der Waals surface area contributed by atoms with Crippen LogP contribution in [-0.2, 0) is 9.59 Å². The highest BCUT2D eigenvalue weighted by molar-refractivity contribution is 5.95. The van der Waals surface area contributed by atoms with Gasteiger partial charge in [0.1, 0.15) is 0 Å². The number of nitrogens with one attached hydrogen (secondary N) is 1. The first-order valence-electron chi connectivity index (χ1n) is 7.39. The number of para-hydroxylation sites is 1. The zero-order valence-electron chi connectivity index (χ0n) is 12.6. The first-order chi connectivity index (χ1) is 9.99. The number of nitrogens with zero attached hydrogens (tertiary/aromatic N) is 1. The molecule has 0 saturated carbocycles. The van der Waals surface area contributed by atoms with Gasteiger partial charge in [0.2, 0.25) is 11.8 Å². The van der Waals surface area contributed by atoms with Crippen LogP contribution in [-0.4, -0.2) is 35.8 Å². The SMILES string of the molecule is Cc1ccccc1NC(=O)[C@@H](C)N1CCC(C(N)=O)CC1. The Kier molecular flexibility index (Phi) is 4.96. The van der Waals surface area contributed by atoms with E-state index in [0.29, 0.717) is 0 Å². The van der Waals surface area contributed by atoms with Crippen LogP contribution in [0.2, 0.25) is 0 Å². The van der Waals surface area contributed by atoms with Crippen LogP contribution in [0.1, 0.15) is 25.3 Å². The lowest BCUT2D eigenvalue weighted by Gasteiger charge is -2.34. The molecule has 1 saturated heterocycles. The Labute approximate surface area is 125 Å². The Hall–Kier alpha value is -1.88. The molecule has 3 N–H and O–H groups in total. The molecule has 0 radical (unpaired) electrons. The van der Waals surface area contributed by atoms with E-state index in [1.807, 2.05) is 38.1 Å². The highest BCUT2D eigenvalue weighted by Gasteiger charge is 2.28. The van der Waals surface area contributed by atoms with Crippen LogP contribution in [0, 0.1) is 12.8 Å². The molecule has 1 heterocycles. The molecule has 0 bridgehead atoms. The largest absolute Gasteiger partial charge is 0.369 e. The highest BCUT2D eigenvalue weighted by Crippen LogP contribution is 2.20. The summed E-state index contributed by atoms with van der Waals surface area (Å²) in [5, 5.41) is 2.97. The van der Waals surface area contributed by atoms with Crippen LogP contribution in [0.25, 0.3) is 0 Å². The second-order valence-corrected chi connectivity index (χ2v) is 5.69. The zero-order valence-corrected chi connectivity index (χ0v) is 12.6. The number of anilines is 1. The van der Waals surface area contributed by atoms with Gasteiger partial charge in [-0.25, -0.2) is 0 Å². The van der Waals surface area contributed by atoms with Crippen molar-refractivity contribution in [3.8, 4) is 0 Å². The predicted octanol–water partition coefficient (Wildman–Crippen LogP) is 1.52. The molecule has 1 aliphatic heterocycles. The maximum Gasteiger partial charge on any atom is 0.241 e. The topological polar surface area (TPSA) is 75.4 Å². The summed E-state index contributed by atoms with van der Waals surface area (Å²) < 4.78 is 0. The summed E-state index contributed by atoms with van der Waals surface area (Å²) in [7, 11) is 0. The molecule has 5 nitrogen and oxygen atoms in total. The summed E-state index contributed by atoms with van der Waals surface area (Å²) in [6.07, 6.45) is 1.47. The van der Waals surface area contributed by atoms with Gasteiger partial charge in [0, 0.05) is 11.6 Å². The number of benzene rings is 1. The van der Waals surface area contributed by atoms with Gasteiger partial charge in [-0.2, -0.15) is 0 Å². The van der Waals surface area contributed by atoms with Crippen LogP contribution < -0.4 is 11.1 Å². The lowest BCUT2D eigenvalue weighted by molar-refractivity contribution is -0.124. The van der Waals surface area contributed by atoms with E-state index >= 15 is 0 Å². The molecular formula is C16H23N3O2. The van der Waals surface area contributed by atoms with E-state index in [-0.39, 0.29) is 23.8 Å². The van der Waals surface area contributed by atoms with Gasteiger partial charge in [-0.3, -0.25) is 14.5 Å². The lowest BCUT2D eigenvalue weighted by atomic mass is 9.95. The van der Waals surface area contributed by atoms with E-state index in [0.717, 1.165) is 37.2 Å². The smallest absolute Gasteiger partial charge is 0.241 e. The second-order valence-electron chi connectivity index (χ2n) is 5.69. The minimum Gasteiger partial charge on any atom is -0.369 e. The number of amides is 2. The van der Waals surface area contributed by atoms with Gasteiger partial charge >= 0.3 is 0 Å². The van der Waals surface area contributed by atoms with Gasteiger partial charge in [-0.1, -0.05) is 18.2 Å². The van der Waals surface area contributed by atoms with Gasteiger partial charge in [0.15, 0.2) is 0 Å². The van der Waals surface area contributed by atoms with Crippen molar-refractivity contribution in [2.24, 2.45) is 11.7 Å². The van der Waals surface area contributed by atoms with Crippen molar-refractivity contribution >= 4 is 17.5 Å². The van der Waals surface area contributed by atoms with Crippen LogP contribution in [0.15, 0.2) is 24.3 Å². The number of rotatable bonds is 4. The predicted molar refractivity (Wildman–Crippen MR) is 82.8 cm³/mol. The molecular weight excluding hydrogens is 266 g/mol. The fourth-order valence-corrected chi connectivity index (χ4v) is 2.69. The Balaban J connectivity index is 1.92. The maximum absolute atomic E-state index is 12.3. The van der Waals surface area contributed by atoms with Crippen LogP contribution in [0.3, 0.4) is 0 Å². The standard InChI is InChI=1S/C16H23N3O2/c1-11-5-3-4-6-14(11)18-16(21)12(2)19-9-7-13(8-10-19)15(17)20/h3-6,12-13H,7-10H2,1-2H3,(H2,17,20)(H,18,21)/t12-/m1/s1. The summed E-state index contributed by atoms with van der Waals surface area (Å²) in [5.74, 6) is -0.290. The van der Waals surface area contributed by atoms with E-state index in [9.17, 15) is 9.59 Å². The molecule has 1 fully saturated rings.